The number of aliphatic imine (C=N–C) groups is 1. The number of nitrogens with zero attached hydrogens (tertiary/aromatic N) is 2. The van der Waals surface area contributed by atoms with E-state index in [1.54, 1.807) is 12.4 Å². The predicted molar refractivity (Wildman–Crippen MR) is 99.6 cm³/mol. The lowest BCUT2D eigenvalue weighted by Crippen LogP contribution is -2.28. The van der Waals surface area contributed by atoms with Gasteiger partial charge in [0.2, 0.25) is 5.88 Å². The van der Waals surface area contributed by atoms with Gasteiger partial charge in [-0.15, -0.1) is 0 Å². The molecule has 0 aliphatic carbocycles. The van der Waals surface area contributed by atoms with Crippen LogP contribution in [0.1, 0.15) is 31.9 Å². The fourth-order valence-electron chi connectivity index (χ4n) is 2.29. The maximum absolute atomic E-state index is 13.5. The number of ether oxygens (including phenoxy) is 1. The molecule has 3 N–H and O–H groups in total. The number of nitrogens with two attached hydrogens (primary N) is 1. The van der Waals surface area contributed by atoms with Crippen molar-refractivity contribution in [2.45, 2.75) is 46.0 Å². The molecule has 7 heteroatoms. The Balaban J connectivity index is 1.97. The van der Waals surface area contributed by atoms with Crippen LogP contribution < -0.4 is 15.8 Å². The van der Waals surface area contributed by atoms with Gasteiger partial charge in [-0.3, -0.25) is 0 Å². The Morgan fingerprint density at radius 2 is 2.16 bits per heavy atom. The summed E-state index contributed by atoms with van der Waals surface area (Å²) in [6.45, 7) is 7.18. The molecular formula is C18H24ClFN4O. The van der Waals surface area contributed by atoms with Gasteiger partial charge in [0, 0.05) is 35.8 Å². The van der Waals surface area contributed by atoms with Crippen LogP contribution in [0.3, 0.4) is 0 Å². The van der Waals surface area contributed by atoms with E-state index in [0.717, 1.165) is 22.4 Å². The number of rotatable bonds is 6. The fourth-order valence-corrected chi connectivity index (χ4v) is 2.60. The Morgan fingerprint density at radius 1 is 1.44 bits per heavy atom. The normalized spacial score (nSPS) is 19.5. The molecule has 0 radical (unpaired) electrons. The second-order valence-electron chi connectivity index (χ2n) is 6.69. The summed E-state index contributed by atoms with van der Waals surface area (Å²) in [6, 6.07) is 1.66. The summed E-state index contributed by atoms with van der Waals surface area (Å²) in [5, 5.41) is 3.57. The molecule has 0 saturated carbocycles. The van der Waals surface area contributed by atoms with Crippen molar-refractivity contribution in [2.75, 3.05) is 6.61 Å². The lowest BCUT2D eigenvalue weighted by Gasteiger charge is -2.17. The number of pyridine rings is 1. The first kappa shape index (κ1) is 19.4. The highest BCUT2D eigenvalue weighted by Gasteiger charge is 2.18. The molecule has 0 spiro atoms. The van der Waals surface area contributed by atoms with Gasteiger partial charge in [0.1, 0.15) is 17.4 Å². The highest BCUT2D eigenvalue weighted by Crippen LogP contribution is 2.19. The molecule has 0 fully saturated rings. The van der Waals surface area contributed by atoms with Gasteiger partial charge in [0.05, 0.1) is 6.04 Å². The Morgan fingerprint density at radius 3 is 2.76 bits per heavy atom. The topological polar surface area (TPSA) is 72.5 Å². The van der Waals surface area contributed by atoms with Gasteiger partial charge in [-0.2, -0.15) is 0 Å². The van der Waals surface area contributed by atoms with E-state index in [4.69, 9.17) is 22.1 Å². The first-order valence-electron chi connectivity index (χ1n) is 8.05. The van der Waals surface area contributed by atoms with Crippen LogP contribution >= 0.6 is 11.6 Å². The van der Waals surface area contributed by atoms with E-state index >= 15 is 0 Å². The zero-order valence-corrected chi connectivity index (χ0v) is 15.7. The smallest absolute Gasteiger partial charge is 0.216 e. The zero-order valence-electron chi connectivity index (χ0n) is 14.9. The van der Waals surface area contributed by atoms with Crippen molar-refractivity contribution in [1.82, 2.24) is 10.3 Å². The number of allylic oxidation sites excluding steroid dienone is 1. The summed E-state index contributed by atoms with van der Waals surface area (Å²) >= 11 is 6.13. The molecule has 0 bridgehead atoms. The molecule has 1 unspecified atom stereocenters. The van der Waals surface area contributed by atoms with Crippen LogP contribution in [-0.2, 0) is 6.54 Å². The van der Waals surface area contributed by atoms with E-state index in [0.29, 0.717) is 17.6 Å². The highest BCUT2D eigenvalue weighted by atomic mass is 35.5. The van der Waals surface area contributed by atoms with Crippen molar-refractivity contribution in [3.63, 3.8) is 0 Å². The number of aromatic nitrogens is 1. The lowest BCUT2D eigenvalue weighted by atomic mass is 10.1. The summed E-state index contributed by atoms with van der Waals surface area (Å²) in [5.74, 6) is 0.443. The number of aryl methyl sites for hydroxylation is 1. The molecule has 1 aromatic heterocycles. The zero-order chi connectivity index (χ0) is 18.6. The van der Waals surface area contributed by atoms with Gasteiger partial charge in [-0.05, 0) is 45.4 Å². The summed E-state index contributed by atoms with van der Waals surface area (Å²) in [4.78, 5) is 8.45. The SMILES string of the molecule is CC1=CC(N)/C(=C\NCc2cnc(OCC(C)(C)F)c(C)c2)C(Cl)=N1. The molecule has 2 rings (SSSR count). The molecule has 5 nitrogen and oxygen atoms in total. The van der Waals surface area contributed by atoms with Crippen LogP contribution in [0, 0.1) is 6.92 Å². The minimum atomic E-state index is -1.40. The third kappa shape index (κ3) is 5.83. The Bertz CT molecular complexity index is 722. The molecular weight excluding hydrogens is 343 g/mol. The van der Waals surface area contributed by atoms with Crippen molar-refractivity contribution in [3.8, 4) is 5.88 Å². The van der Waals surface area contributed by atoms with Crippen LogP contribution in [-0.4, -0.2) is 28.5 Å². The third-order valence-corrected chi connectivity index (χ3v) is 3.80. The first-order chi connectivity index (χ1) is 11.7. The first-order valence-corrected chi connectivity index (χ1v) is 8.43. The minimum Gasteiger partial charge on any atom is -0.474 e. The molecule has 1 atom stereocenters. The lowest BCUT2D eigenvalue weighted by molar-refractivity contribution is 0.117. The van der Waals surface area contributed by atoms with Crippen molar-refractivity contribution in [2.24, 2.45) is 10.7 Å². The Kier molecular flexibility index (Phi) is 6.19. The molecule has 0 saturated heterocycles. The largest absolute Gasteiger partial charge is 0.474 e. The van der Waals surface area contributed by atoms with E-state index < -0.39 is 5.67 Å². The van der Waals surface area contributed by atoms with Crippen molar-refractivity contribution < 1.29 is 9.13 Å². The predicted octanol–water partition coefficient (Wildman–Crippen LogP) is 3.37. The Labute approximate surface area is 152 Å². The van der Waals surface area contributed by atoms with Crippen molar-refractivity contribution in [3.05, 3.63) is 46.9 Å². The molecule has 25 heavy (non-hydrogen) atoms. The van der Waals surface area contributed by atoms with Crippen LogP contribution in [0.5, 0.6) is 5.88 Å². The van der Waals surface area contributed by atoms with Gasteiger partial charge >= 0.3 is 0 Å². The van der Waals surface area contributed by atoms with E-state index in [1.165, 1.54) is 13.8 Å². The molecule has 2 heterocycles. The molecule has 1 aromatic rings. The van der Waals surface area contributed by atoms with Crippen LogP contribution in [0.15, 0.2) is 40.8 Å². The Hall–Kier alpha value is -1.92. The number of nitrogens with one attached hydrogen (secondary N) is 1. The van der Waals surface area contributed by atoms with Gasteiger partial charge < -0.3 is 15.8 Å². The van der Waals surface area contributed by atoms with Gasteiger partial charge in [0.15, 0.2) is 0 Å². The van der Waals surface area contributed by atoms with Gasteiger partial charge in [-0.25, -0.2) is 14.4 Å². The molecule has 1 aliphatic rings. The van der Waals surface area contributed by atoms with Gasteiger partial charge in [-0.1, -0.05) is 11.6 Å². The number of hydrogen-bond acceptors (Lipinski definition) is 5. The average molecular weight is 367 g/mol. The minimum absolute atomic E-state index is 0.0345. The monoisotopic (exact) mass is 366 g/mol. The summed E-state index contributed by atoms with van der Waals surface area (Å²) in [7, 11) is 0. The number of hydrogen-bond donors (Lipinski definition) is 2. The second kappa shape index (κ2) is 7.97. The van der Waals surface area contributed by atoms with E-state index in [1.807, 2.05) is 26.0 Å². The maximum atomic E-state index is 13.5. The number of alkyl halides is 1. The highest BCUT2D eigenvalue weighted by molar-refractivity contribution is 6.70. The average Bonchev–Trinajstić information content (AvgIpc) is 2.48. The third-order valence-electron chi connectivity index (χ3n) is 3.50. The summed E-state index contributed by atoms with van der Waals surface area (Å²) < 4.78 is 18.9. The molecule has 1 aliphatic heterocycles. The van der Waals surface area contributed by atoms with Crippen molar-refractivity contribution in [1.29, 1.82) is 0 Å². The molecule has 0 amide bonds. The summed E-state index contributed by atoms with van der Waals surface area (Å²) in [5.41, 5.74) is 8.01. The van der Waals surface area contributed by atoms with Crippen LogP contribution in [0.4, 0.5) is 4.39 Å². The van der Waals surface area contributed by atoms with Crippen molar-refractivity contribution >= 4 is 16.8 Å². The fraction of sp³-hybridized carbons (Fsp3) is 0.444. The van der Waals surface area contributed by atoms with E-state index in [-0.39, 0.29) is 12.6 Å². The maximum Gasteiger partial charge on any atom is 0.216 e. The summed E-state index contributed by atoms with van der Waals surface area (Å²) in [6.07, 6.45) is 5.31. The van der Waals surface area contributed by atoms with Crippen LogP contribution in [0.25, 0.3) is 0 Å². The quantitative estimate of drug-likeness (QED) is 0.809. The standard InChI is InChI=1S/C18H24ClFN4O/c1-11-5-13(8-23-17(11)25-10-18(3,4)20)7-22-9-14-15(21)6-12(2)24-16(14)19/h5-6,8-9,15,22H,7,10,21H2,1-4H3/b14-9+. The second-order valence-corrected chi connectivity index (χ2v) is 7.05. The molecule has 136 valence electrons. The van der Waals surface area contributed by atoms with Gasteiger partial charge in [0.25, 0.3) is 0 Å². The number of halogens is 2. The molecule has 0 aromatic carbocycles. The van der Waals surface area contributed by atoms with Crippen LogP contribution in [0.2, 0.25) is 0 Å². The van der Waals surface area contributed by atoms with E-state index in [2.05, 4.69) is 15.3 Å². The van der Waals surface area contributed by atoms with E-state index in [9.17, 15) is 4.39 Å².